The van der Waals surface area contributed by atoms with Gasteiger partial charge in [-0.1, -0.05) is 30.3 Å². The Morgan fingerprint density at radius 2 is 1.96 bits per heavy atom. The second-order valence-electron chi connectivity index (χ2n) is 5.28. The summed E-state index contributed by atoms with van der Waals surface area (Å²) in [6, 6.07) is 13.8. The van der Waals surface area contributed by atoms with Crippen LogP contribution in [0.1, 0.15) is 5.56 Å². The fourth-order valence-corrected chi connectivity index (χ4v) is 3.67. The first kappa shape index (κ1) is 15.8. The highest BCUT2D eigenvalue weighted by Crippen LogP contribution is 2.35. The van der Waals surface area contributed by atoms with Crippen molar-refractivity contribution in [1.29, 1.82) is 5.26 Å². The Hall–Kier alpha value is -3.05. The fourth-order valence-electron chi connectivity index (χ4n) is 2.52. The van der Waals surface area contributed by atoms with Gasteiger partial charge in [0.1, 0.15) is 12.3 Å². The van der Waals surface area contributed by atoms with Gasteiger partial charge in [-0.2, -0.15) is 13.7 Å². The van der Waals surface area contributed by atoms with E-state index in [1.807, 2.05) is 22.9 Å². The van der Waals surface area contributed by atoms with Crippen molar-refractivity contribution in [3.05, 3.63) is 48.0 Å². The van der Waals surface area contributed by atoms with Crippen molar-refractivity contribution in [2.75, 3.05) is 10.8 Å². The van der Waals surface area contributed by atoms with E-state index in [2.05, 4.69) is 6.07 Å². The van der Waals surface area contributed by atoms with Crippen molar-refractivity contribution in [3.63, 3.8) is 0 Å². The first-order valence-electron chi connectivity index (χ1n) is 7.03. The molecule has 2 aromatic carbocycles. The van der Waals surface area contributed by atoms with E-state index < -0.39 is 16.1 Å². The molecule has 24 heavy (non-hydrogen) atoms. The van der Waals surface area contributed by atoms with E-state index in [-0.39, 0.29) is 24.4 Å². The van der Waals surface area contributed by atoms with Crippen molar-refractivity contribution in [2.24, 2.45) is 0 Å². The minimum absolute atomic E-state index is 0.0246. The molecule has 1 aliphatic rings. The Morgan fingerprint density at radius 1 is 1.21 bits per heavy atom. The van der Waals surface area contributed by atoms with E-state index in [1.54, 1.807) is 12.1 Å². The van der Waals surface area contributed by atoms with Gasteiger partial charge in [0.25, 0.3) is 5.91 Å². The number of phenols is 1. The Morgan fingerprint density at radius 3 is 2.62 bits per heavy atom. The van der Waals surface area contributed by atoms with Crippen LogP contribution in [0.3, 0.4) is 0 Å². The van der Waals surface area contributed by atoms with Crippen LogP contribution < -0.4 is 9.03 Å². The molecule has 0 radical (unpaired) electrons. The third kappa shape index (κ3) is 2.89. The lowest BCUT2D eigenvalue weighted by Crippen LogP contribution is -2.29. The molecule has 0 spiro atoms. The fraction of sp³-hybridized carbons (Fsp3) is 0.125. The molecule has 0 aromatic heterocycles. The Kier molecular flexibility index (Phi) is 3.87. The average molecular weight is 343 g/mol. The van der Waals surface area contributed by atoms with E-state index in [1.165, 1.54) is 12.1 Å². The molecular formula is C16H13N3O4S. The van der Waals surface area contributed by atoms with E-state index in [0.717, 1.165) is 15.4 Å². The van der Waals surface area contributed by atoms with Crippen molar-refractivity contribution in [2.45, 2.75) is 6.42 Å². The number of nitrogens with zero attached hydrogens (tertiary/aromatic N) is 2. The molecule has 0 bridgehead atoms. The molecule has 3 rings (SSSR count). The van der Waals surface area contributed by atoms with Crippen molar-refractivity contribution in [1.82, 2.24) is 4.72 Å². The third-order valence-corrected chi connectivity index (χ3v) is 5.00. The molecule has 0 atom stereocenters. The number of amides is 1. The second kappa shape index (κ2) is 5.86. The van der Waals surface area contributed by atoms with Crippen LogP contribution in [0.2, 0.25) is 0 Å². The van der Waals surface area contributed by atoms with E-state index in [4.69, 9.17) is 5.26 Å². The Balaban J connectivity index is 2.06. The minimum atomic E-state index is -4.00. The summed E-state index contributed by atoms with van der Waals surface area (Å²) in [5.41, 5.74) is 2.30. The summed E-state index contributed by atoms with van der Waals surface area (Å²) in [6.45, 7) is -0.381. The predicted molar refractivity (Wildman–Crippen MR) is 87.3 cm³/mol. The zero-order chi connectivity index (χ0) is 17.3. The molecule has 1 amide bonds. The number of hydrogen-bond acceptors (Lipinski definition) is 5. The zero-order valence-electron chi connectivity index (χ0n) is 12.4. The van der Waals surface area contributed by atoms with Gasteiger partial charge in [0.15, 0.2) is 0 Å². The van der Waals surface area contributed by atoms with Crippen LogP contribution in [-0.4, -0.2) is 26.0 Å². The number of benzene rings is 2. The molecule has 1 heterocycles. The highest BCUT2D eigenvalue weighted by molar-refractivity contribution is 7.92. The largest absolute Gasteiger partial charge is 0.506 e. The molecule has 8 heteroatoms. The lowest BCUT2D eigenvalue weighted by molar-refractivity contribution is -0.117. The predicted octanol–water partition coefficient (Wildman–Crippen LogP) is 1.31. The van der Waals surface area contributed by atoms with Gasteiger partial charge in [-0.25, -0.2) is 9.03 Å². The summed E-state index contributed by atoms with van der Waals surface area (Å²) < 4.78 is 26.6. The number of rotatable bonds is 3. The quantitative estimate of drug-likeness (QED) is 0.873. The summed E-state index contributed by atoms with van der Waals surface area (Å²) in [5.74, 6) is -0.900. The van der Waals surface area contributed by atoms with Gasteiger partial charge < -0.3 is 5.11 Å². The van der Waals surface area contributed by atoms with Crippen LogP contribution in [0.5, 0.6) is 5.75 Å². The van der Waals surface area contributed by atoms with Gasteiger partial charge in [-0.05, 0) is 28.8 Å². The second-order valence-corrected chi connectivity index (χ2v) is 6.87. The maximum atomic E-state index is 12.0. The number of nitrogens with one attached hydrogen (secondary N) is 1. The van der Waals surface area contributed by atoms with Crippen LogP contribution in [0.4, 0.5) is 5.69 Å². The monoisotopic (exact) mass is 343 g/mol. The summed E-state index contributed by atoms with van der Waals surface area (Å²) in [6.07, 6.45) is 0.262. The standard InChI is InChI=1S/C16H13N3O4S/c17-7-6-11-2-1-3-12(8-11)13-4-5-15(20)14(9-13)19-10-16(21)18-24(19,22)23/h1-5,8-9,20H,6,10H2,(H,18,21). The molecule has 2 N–H and O–H groups in total. The summed E-state index contributed by atoms with van der Waals surface area (Å²) in [5, 5.41) is 18.8. The molecule has 122 valence electrons. The van der Waals surface area contributed by atoms with Gasteiger partial charge >= 0.3 is 10.2 Å². The van der Waals surface area contributed by atoms with Gasteiger partial charge in [-0.15, -0.1) is 0 Å². The van der Waals surface area contributed by atoms with Crippen LogP contribution in [0, 0.1) is 11.3 Å². The van der Waals surface area contributed by atoms with Crippen molar-refractivity contribution in [3.8, 4) is 22.9 Å². The SMILES string of the molecule is N#CCc1cccc(-c2ccc(O)c(N3CC(=O)NS3(=O)=O)c2)c1. The highest BCUT2D eigenvalue weighted by atomic mass is 32.2. The first-order valence-corrected chi connectivity index (χ1v) is 8.47. The summed E-state index contributed by atoms with van der Waals surface area (Å²) >= 11 is 0. The lowest BCUT2D eigenvalue weighted by Gasteiger charge is -2.17. The van der Waals surface area contributed by atoms with Gasteiger partial charge in [-0.3, -0.25) is 4.79 Å². The van der Waals surface area contributed by atoms with Crippen LogP contribution >= 0.6 is 0 Å². The van der Waals surface area contributed by atoms with Crippen LogP contribution in [0.25, 0.3) is 11.1 Å². The minimum Gasteiger partial charge on any atom is -0.506 e. The number of carbonyl (C=O) groups is 1. The van der Waals surface area contributed by atoms with E-state index in [9.17, 15) is 18.3 Å². The number of aromatic hydroxyl groups is 1. The molecule has 7 nitrogen and oxygen atoms in total. The summed E-state index contributed by atoms with van der Waals surface area (Å²) in [4.78, 5) is 11.4. The molecular weight excluding hydrogens is 330 g/mol. The van der Waals surface area contributed by atoms with Crippen LogP contribution in [0.15, 0.2) is 42.5 Å². The smallest absolute Gasteiger partial charge is 0.326 e. The summed E-state index contributed by atoms with van der Waals surface area (Å²) in [7, 11) is -4.00. The number of carbonyl (C=O) groups excluding carboxylic acids is 1. The number of phenolic OH excluding ortho intramolecular Hbond substituents is 1. The Labute approximate surface area is 138 Å². The van der Waals surface area contributed by atoms with Gasteiger partial charge in [0.2, 0.25) is 0 Å². The number of anilines is 1. The van der Waals surface area contributed by atoms with Crippen molar-refractivity contribution >= 4 is 21.8 Å². The van der Waals surface area contributed by atoms with E-state index in [0.29, 0.717) is 5.56 Å². The zero-order valence-corrected chi connectivity index (χ0v) is 13.2. The van der Waals surface area contributed by atoms with Crippen LogP contribution in [-0.2, 0) is 21.4 Å². The maximum Gasteiger partial charge on any atom is 0.326 e. The van der Waals surface area contributed by atoms with Gasteiger partial charge in [0.05, 0.1) is 18.2 Å². The molecule has 0 unspecified atom stereocenters. The molecule has 1 aliphatic heterocycles. The third-order valence-electron chi connectivity index (χ3n) is 3.61. The number of nitriles is 1. The topological polar surface area (TPSA) is 110 Å². The normalized spacial score (nSPS) is 15.8. The molecule has 2 aromatic rings. The number of hydrogen-bond donors (Lipinski definition) is 2. The van der Waals surface area contributed by atoms with Crippen molar-refractivity contribution < 1.29 is 18.3 Å². The average Bonchev–Trinajstić information content (AvgIpc) is 2.81. The Bertz CT molecular complexity index is 964. The maximum absolute atomic E-state index is 12.0. The molecule has 0 aliphatic carbocycles. The van der Waals surface area contributed by atoms with E-state index >= 15 is 0 Å². The molecule has 0 saturated carbocycles. The van der Waals surface area contributed by atoms with Gasteiger partial charge in [0, 0.05) is 0 Å². The highest BCUT2D eigenvalue weighted by Gasteiger charge is 2.35. The molecule has 1 saturated heterocycles. The first-order chi connectivity index (χ1) is 11.4. The molecule has 1 fully saturated rings. The lowest BCUT2D eigenvalue weighted by atomic mass is 10.0.